The molecule has 0 aromatic carbocycles. The molecule has 0 radical (unpaired) electrons. The molecule has 2 rings (SSSR count). The Morgan fingerprint density at radius 2 is 1.50 bits per heavy atom. The van der Waals surface area contributed by atoms with Gasteiger partial charge in [0.15, 0.2) is 0 Å². The van der Waals surface area contributed by atoms with Crippen molar-refractivity contribution >= 4 is 0 Å². The number of hydrogen-bond acceptors (Lipinski definition) is 0. The SMILES string of the molecule is CC(C)C1CCC2CC(C(C)(C)C)CC2C1. The van der Waals surface area contributed by atoms with E-state index in [1.807, 2.05) is 0 Å². The van der Waals surface area contributed by atoms with Crippen LogP contribution in [0.4, 0.5) is 0 Å². The Balaban J connectivity index is 1.96. The largest absolute Gasteiger partial charge is 0.0625 e. The van der Waals surface area contributed by atoms with Crippen LogP contribution < -0.4 is 0 Å². The lowest BCUT2D eigenvalue weighted by atomic mass is 9.72. The Bertz CT molecular complexity index is 233. The molecular formula is C16H30. The minimum atomic E-state index is 0.546. The molecule has 0 bridgehead atoms. The van der Waals surface area contributed by atoms with Crippen molar-refractivity contribution in [2.24, 2.45) is 35.0 Å². The third-order valence-corrected chi connectivity index (χ3v) is 5.52. The molecule has 0 N–H and O–H groups in total. The van der Waals surface area contributed by atoms with Crippen LogP contribution in [0.15, 0.2) is 0 Å². The summed E-state index contributed by atoms with van der Waals surface area (Å²) in [7, 11) is 0. The summed E-state index contributed by atoms with van der Waals surface area (Å²) >= 11 is 0. The monoisotopic (exact) mass is 222 g/mol. The van der Waals surface area contributed by atoms with E-state index in [1.54, 1.807) is 0 Å². The normalized spacial score (nSPS) is 40.1. The van der Waals surface area contributed by atoms with Crippen LogP contribution in [-0.4, -0.2) is 0 Å². The zero-order chi connectivity index (χ0) is 11.9. The minimum Gasteiger partial charge on any atom is -0.0625 e. The molecule has 0 heteroatoms. The summed E-state index contributed by atoms with van der Waals surface area (Å²) in [5.74, 6) is 5.09. The van der Waals surface area contributed by atoms with Gasteiger partial charge in [0, 0.05) is 0 Å². The van der Waals surface area contributed by atoms with Crippen molar-refractivity contribution in [3.63, 3.8) is 0 Å². The maximum absolute atomic E-state index is 2.44. The highest BCUT2D eigenvalue weighted by Gasteiger charge is 2.42. The summed E-state index contributed by atoms with van der Waals surface area (Å²) in [6.45, 7) is 12.2. The predicted molar refractivity (Wildman–Crippen MR) is 71.3 cm³/mol. The summed E-state index contributed by atoms with van der Waals surface area (Å²) in [5, 5.41) is 0. The second-order valence-electron chi connectivity index (χ2n) is 7.87. The fourth-order valence-electron chi connectivity index (χ4n) is 4.10. The van der Waals surface area contributed by atoms with Gasteiger partial charge < -0.3 is 0 Å². The van der Waals surface area contributed by atoms with Crippen molar-refractivity contribution in [3.8, 4) is 0 Å². The second kappa shape index (κ2) is 4.35. The third kappa shape index (κ3) is 2.46. The van der Waals surface area contributed by atoms with E-state index in [9.17, 15) is 0 Å². The first-order valence-corrected chi connectivity index (χ1v) is 7.38. The highest BCUT2D eigenvalue weighted by atomic mass is 14.5. The van der Waals surface area contributed by atoms with Crippen LogP contribution in [0.5, 0.6) is 0 Å². The fraction of sp³-hybridized carbons (Fsp3) is 1.00. The van der Waals surface area contributed by atoms with E-state index in [1.165, 1.54) is 32.1 Å². The number of rotatable bonds is 1. The van der Waals surface area contributed by atoms with Crippen molar-refractivity contribution in [1.82, 2.24) is 0 Å². The maximum atomic E-state index is 2.44. The Labute approximate surface area is 102 Å². The Morgan fingerprint density at radius 1 is 0.875 bits per heavy atom. The van der Waals surface area contributed by atoms with Gasteiger partial charge in [-0.05, 0) is 67.1 Å². The summed E-state index contributed by atoms with van der Waals surface area (Å²) in [6.07, 6.45) is 7.63. The van der Waals surface area contributed by atoms with E-state index in [2.05, 4.69) is 34.6 Å². The molecule has 2 aliphatic rings. The average molecular weight is 222 g/mol. The average Bonchev–Trinajstić information content (AvgIpc) is 2.58. The first kappa shape index (κ1) is 12.5. The van der Waals surface area contributed by atoms with Crippen LogP contribution in [0.2, 0.25) is 0 Å². The van der Waals surface area contributed by atoms with Gasteiger partial charge in [0.25, 0.3) is 0 Å². The molecule has 4 atom stereocenters. The smallest absolute Gasteiger partial charge is 0.0354 e. The second-order valence-corrected chi connectivity index (χ2v) is 7.87. The van der Waals surface area contributed by atoms with Crippen molar-refractivity contribution in [1.29, 1.82) is 0 Å². The minimum absolute atomic E-state index is 0.546. The molecule has 4 unspecified atom stereocenters. The molecule has 2 saturated carbocycles. The van der Waals surface area contributed by atoms with Gasteiger partial charge in [-0.1, -0.05) is 34.6 Å². The summed E-state index contributed by atoms with van der Waals surface area (Å²) < 4.78 is 0. The van der Waals surface area contributed by atoms with Crippen LogP contribution in [0.25, 0.3) is 0 Å². The zero-order valence-electron chi connectivity index (χ0n) is 11.9. The zero-order valence-corrected chi connectivity index (χ0v) is 11.9. The van der Waals surface area contributed by atoms with Gasteiger partial charge in [0.1, 0.15) is 0 Å². The van der Waals surface area contributed by atoms with Gasteiger partial charge in [-0.2, -0.15) is 0 Å². The van der Waals surface area contributed by atoms with E-state index in [4.69, 9.17) is 0 Å². The number of hydrogen-bond donors (Lipinski definition) is 0. The van der Waals surface area contributed by atoms with Crippen LogP contribution in [0.1, 0.15) is 66.7 Å². The molecule has 0 heterocycles. The standard InChI is InChI=1S/C16H30/c1-11(2)12-6-7-13-9-15(16(3,4)5)10-14(13)8-12/h11-15H,6-10H2,1-5H3. The van der Waals surface area contributed by atoms with Gasteiger partial charge in [0.2, 0.25) is 0 Å². The van der Waals surface area contributed by atoms with E-state index >= 15 is 0 Å². The van der Waals surface area contributed by atoms with Crippen LogP contribution in [0.3, 0.4) is 0 Å². The van der Waals surface area contributed by atoms with E-state index in [0.717, 1.165) is 29.6 Å². The van der Waals surface area contributed by atoms with E-state index in [0.29, 0.717) is 5.41 Å². The summed E-state index contributed by atoms with van der Waals surface area (Å²) in [6, 6.07) is 0. The van der Waals surface area contributed by atoms with Crippen molar-refractivity contribution in [3.05, 3.63) is 0 Å². The van der Waals surface area contributed by atoms with Crippen LogP contribution in [-0.2, 0) is 0 Å². The molecule has 2 aliphatic carbocycles. The predicted octanol–water partition coefficient (Wildman–Crippen LogP) is 5.13. The lowest BCUT2D eigenvalue weighted by Gasteiger charge is -2.34. The lowest BCUT2D eigenvalue weighted by Crippen LogP contribution is -2.23. The molecule has 2 fully saturated rings. The summed E-state index contributed by atoms with van der Waals surface area (Å²) in [4.78, 5) is 0. The van der Waals surface area contributed by atoms with Crippen molar-refractivity contribution in [2.75, 3.05) is 0 Å². The molecule has 0 amide bonds. The molecule has 0 aromatic heterocycles. The van der Waals surface area contributed by atoms with Gasteiger partial charge in [-0.3, -0.25) is 0 Å². The first-order chi connectivity index (χ1) is 7.38. The summed E-state index contributed by atoms with van der Waals surface area (Å²) in [5.41, 5.74) is 0.546. The van der Waals surface area contributed by atoms with Crippen molar-refractivity contribution in [2.45, 2.75) is 66.7 Å². The molecule has 0 nitrogen and oxygen atoms in total. The highest BCUT2D eigenvalue weighted by molar-refractivity contribution is 4.92. The quantitative estimate of drug-likeness (QED) is 0.577. The van der Waals surface area contributed by atoms with Crippen molar-refractivity contribution < 1.29 is 0 Å². The Kier molecular flexibility index (Phi) is 3.39. The Morgan fingerprint density at radius 3 is 2.06 bits per heavy atom. The maximum Gasteiger partial charge on any atom is -0.0354 e. The molecule has 0 saturated heterocycles. The van der Waals surface area contributed by atoms with E-state index < -0.39 is 0 Å². The lowest BCUT2D eigenvalue weighted by molar-refractivity contribution is 0.170. The highest BCUT2D eigenvalue weighted by Crippen LogP contribution is 2.52. The third-order valence-electron chi connectivity index (χ3n) is 5.52. The van der Waals surface area contributed by atoms with Gasteiger partial charge in [-0.25, -0.2) is 0 Å². The van der Waals surface area contributed by atoms with E-state index in [-0.39, 0.29) is 0 Å². The van der Waals surface area contributed by atoms with Crippen LogP contribution in [0, 0.1) is 35.0 Å². The number of fused-ring (bicyclic) bond motifs is 1. The molecule has 0 spiro atoms. The van der Waals surface area contributed by atoms with Gasteiger partial charge in [-0.15, -0.1) is 0 Å². The molecule has 94 valence electrons. The fourth-order valence-corrected chi connectivity index (χ4v) is 4.10. The van der Waals surface area contributed by atoms with Gasteiger partial charge >= 0.3 is 0 Å². The molecule has 0 aliphatic heterocycles. The van der Waals surface area contributed by atoms with Crippen LogP contribution >= 0.6 is 0 Å². The first-order valence-electron chi connectivity index (χ1n) is 7.38. The Hall–Kier alpha value is 0. The molecule has 0 aromatic rings. The van der Waals surface area contributed by atoms with Gasteiger partial charge in [0.05, 0.1) is 0 Å². The molecular weight excluding hydrogens is 192 g/mol. The molecule has 16 heavy (non-hydrogen) atoms. The topological polar surface area (TPSA) is 0 Å².